The van der Waals surface area contributed by atoms with Gasteiger partial charge in [-0.2, -0.15) is 5.26 Å². The number of hydrogen-bond acceptors (Lipinski definition) is 4. The fourth-order valence-electron chi connectivity index (χ4n) is 0.518. The van der Waals surface area contributed by atoms with Gasteiger partial charge in [-0.1, -0.05) is 0 Å². The summed E-state index contributed by atoms with van der Waals surface area (Å²) in [6, 6.07) is 1.65. The summed E-state index contributed by atoms with van der Waals surface area (Å²) in [5.74, 6) is -1.77. The Hall–Kier alpha value is -1.09. The second-order valence-electron chi connectivity index (χ2n) is 2.26. The van der Waals surface area contributed by atoms with Crippen LogP contribution in [0.15, 0.2) is 0 Å². The molecule has 12 heavy (non-hydrogen) atoms. The number of carboxylic acid groups (broad SMARTS) is 1. The number of hydrogen-bond donors (Lipinski definition) is 1. The standard InChI is InChI=1S/C6H9NO4S/c1-5(6(8)9)12(10,11)4-2-3-7/h5H,2,4H2,1H3,(H,8,9). The molecule has 0 saturated heterocycles. The SMILES string of the molecule is CC(C(=O)O)S(=O)(=O)CCC#N. The highest BCUT2D eigenvalue weighted by molar-refractivity contribution is 7.92. The van der Waals surface area contributed by atoms with Gasteiger partial charge in [-0.3, -0.25) is 4.79 Å². The molecule has 0 aliphatic heterocycles. The van der Waals surface area contributed by atoms with Crippen molar-refractivity contribution in [2.24, 2.45) is 0 Å². The molecule has 0 radical (unpaired) electrons. The molecule has 0 spiro atoms. The predicted molar refractivity (Wildman–Crippen MR) is 41.1 cm³/mol. The summed E-state index contributed by atoms with van der Waals surface area (Å²) in [5.41, 5.74) is 0. The van der Waals surface area contributed by atoms with E-state index in [2.05, 4.69) is 0 Å². The maximum absolute atomic E-state index is 11.0. The molecule has 0 amide bonds. The van der Waals surface area contributed by atoms with Crippen LogP contribution in [0.4, 0.5) is 0 Å². The summed E-state index contributed by atoms with van der Waals surface area (Å²) in [4.78, 5) is 10.2. The van der Waals surface area contributed by atoms with Crippen molar-refractivity contribution < 1.29 is 18.3 Å². The fourth-order valence-corrected chi connectivity index (χ4v) is 1.55. The third kappa shape index (κ3) is 2.88. The van der Waals surface area contributed by atoms with Gasteiger partial charge in [-0.25, -0.2) is 8.42 Å². The lowest BCUT2D eigenvalue weighted by Crippen LogP contribution is -2.28. The quantitative estimate of drug-likeness (QED) is 0.663. The fraction of sp³-hybridized carbons (Fsp3) is 0.667. The number of aliphatic carboxylic acids is 1. The van der Waals surface area contributed by atoms with Crippen LogP contribution < -0.4 is 0 Å². The van der Waals surface area contributed by atoms with Crippen molar-refractivity contribution in [1.29, 1.82) is 5.26 Å². The Labute approximate surface area is 70.5 Å². The molecule has 0 aromatic rings. The zero-order chi connectivity index (χ0) is 9.78. The second-order valence-corrected chi connectivity index (χ2v) is 4.70. The molecule has 1 unspecified atom stereocenters. The highest BCUT2D eigenvalue weighted by Gasteiger charge is 2.26. The topological polar surface area (TPSA) is 95.2 Å². The van der Waals surface area contributed by atoms with Crippen molar-refractivity contribution >= 4 is 15.8 Å². The van der Waals surface area contributed by atoms with Gasteiger partial charge in [0.05, 0.1) is 11.8 Å². The van der Waals surface area contributed by atoms with Crippen molar-refractivity contribution in [1.82, 2.24) is 0 Å². The Morgan fingerprint density at radius 1 is 1.67 bits per heavy atom. The first kappa shape index (κ1) is 10.9. The molecular weight excluding hydrogens is 182 g/mol. The van der Waals surface area contributed by atoms with Crippen LogP contribution in [0.25, 0.3) is 0 Å². The monoisotopic (exact) mass is 191 g/mol. The number of rotatable bonds is 4. The van der Waals surface area contributed by atoms with Crippen LogP contribution in [0.2, 0.25) is 0 Å². The van der Waals surface area contributed by atoms with Gasteiger partial charge in [-0.15, -0.1) is 0 Å². The summed E-state index contributed by atoms with van der Waals surface area (Å²) < 4.78 is 22.0. The minimum absolute atomic E-state index is 0.167. The van der Waals surface area contributed by atoms with Crippen LogP contribution in [0.5, 0.6) is 0 Å². The normalized spacial score (nSPS) is 13.3. The third-order valence-electron chi connectivity index (χ3n) is 1.38. The maximum Gasteiger partial charge on any atom is 0.321 e. The Bertz CT molecular complexity index is 300. The van der Waals surface area contributed by atoms with Crippen LogP contribution in [0.1, 0.15) is 13.3 Å². The Morgan fingerprint density at radius 2 is 2.17 bits per heavy atom. The highest BCUT2D eigenvalue weighted by Crippen LogP contribution is 2.03. The first-order valence-corrected chi connectivity index (χ1v) is 4.94. The summed E-state index contributed by atoms with van der Waals surface area (Å²) in [6.07, 6.45) is -0.167. The molecule has 68 valence electrons. The van der Waals surface area contributed by atoms with Crippen molar-refractivity contribution in [3.8, 4) is 6.07 Å². The van der Waals surface area contributed by atoms with E-state index in [1.807, 2.05) is 0 Å². The van der Waals surface area contributed by atoms with Crippen molar-refractivity contribution in [3.05, 3.63) is 0 Å². The van der Waals surface area contributed by atoms with Gasteiger partial charge < -0.3 is 5.11 Å². The van der Waals surface area contributed by atoms with Gasteiger partial charge in [-0.05, 0) is 6.92 Å². The van der Waals surface area contributed by atoms with Crippen LogP contribution in [-0.2, 0) is 14.6 Å². The van der Waals surface area contributed by atoms with E-state index in [0.717, 1.165) is 6.92 Å². The van der Waals surface area contributed by atoms with Crippen molar-refractivity contribution in [3.63, 3.8) is 0 Å². The van der Waals surface area contributed by atoms with Crippen LogP contribution in [0, 0.1) is 11.3 Å². The molecule has 0 saturated carbocycles. The van der Waals surface area contributed by atoms with Gasteiger partial charge in [0.1, 0.15) is 0 Å². The number of sulfone groups is 1. The Morgan fingerprint density at radius 3 is 2.50 bits per heavy atom. The average molecular weight is 191 g/mol. The van der Waals surface area contributed by atoms with E-state index in [1.54, 1.807) is 6.07 Å². The maximum atomic E-state index is 11.0. The lowest BCUT2D eigenvalue weighted by atomic mass is 10.5. The number of carbonyl (C=O) groups is 1. The van der Waals surface area contributed by atoms with E-state index in [0.29, 0.717) is 0 Å². The van der Waals surface area contributed by atoms with Gasteiger partial charge in [0.15, 0.2) is 15.1 Å². The minimum atomic E-state index is -3.64. The van der Waals surface area contributed by atoms with E-state index in [4.69, 9.17) is 10.4 Å². The minimum Gasteiger partial charge on any atom is -0.480 e. The van der Waals surface area contributed by atoms with Crippen LogP contribution >= 0.6 is 0 Å². The number of nitriles is 1. The molecule has 0 bridgehead atoms. The van der Waals surface area contributed by atoms with E-state index in [1.165, 1.54) is 0 Å². The first-order chi connectivity index (χ1) is 5.41. The first-order valence-electron chi connectivity index (χ1n) is 3.23. The van der Waals surface area contributed by atoms with Gasteiger partial charge in [0.25, 0.3) is 0 Å². The summed E-state index contributed by atoms with van der Waals surface area (Å²) in [6.45, 7) is 1.09. The van der Waals surface area contributed by atoms with Crippen LogP contribution in [-0.4, -0.2) is 30.5 Å². The van der Waals surface area contributed by atoms with Crippen molar-refractivity contribution in [2.45, 2.75) is 18.6 Å². The molecule has 0 aliphatic carbocycles. The highest BCUT2D eigenvalue weighted by atomic mass is 32.2. The molecule has 0 heterocycles. The Kier molecular flexibility index (Phi) is 3.70. The molecule has 0 fully saturated rings. The van der Waals surface area contributed by atoms with Gasteiger partial charge >= 0.3 is 5.97 Å². The molecule has 0 rings (SSSR count). The second kappa shape index (κ2) is 4.07. The smallest absolute Gasteiger partial charge is 0.321 e. The third-order valence-corrected chi connectivity index (χ3v) is 3.44. The van der Waals surface area contributed by atoms with E-state index >= 15 is 0 Å². The van der Waals surface area contributed by atoms with Gasteiger partial charge in [0.2, 0.25) is 0 Å². The molecule has 6 heteroatoms. The van der Waals surface area contributed by atoms with E-state index in [9.17, 15) is 13.2 Å². The van der Waals surface area contributed by atoms with Gasteiger partial charge in [0, 0.05) is 6.42 Å². The molecule has 1 atom stereocenters. The Balaban J connectivity index is 4.43. The number of carboxylic acids is 1. The summed E-state index contributed by atoms with van der Waals surface area (Å²) in [7, 11) is -3.64. The molecular formula is C6H9NO4S. The average Bonchev–Trinajstić information content (AvgIpc) is 1.99. The molecule has 5 nitrogen and oxygen atoms in total. The summed E-state index contributed by atoms with van der Waals surface area (Å²) in [5, 5.41) is 15.0. The molecule has 0 aromatic carbocycles. The van der Waals surface area contributed by atoms with E-state index in [-0.39, 0.29) is 6.42 Å². The zero-order valence-electron chi connectivity index (χ0n) is 6.52. The lowest BCUT2D eigenvalue weighted by molar-refractivity contribution is -0.136. The largest absolute Gasteiger partial charge is 0.480 e. The molecule has 1 N–H and O–H groups in total. The molecule has 0 aliphatic rings. The summed E-state index contributed by atoms with van der Waals surface area (Å²) >= 11 is 0. The predicted octanol–water partition coefficient (Wildman–Crippen LogP) is -0.212. The number of nitrogens with zero attached hydrogens (tertiary/aromatic N) is 1. The van der Waals surface area contributed by atoms with Crippen molar-refractivity contribution in [2.75, 3.05) is 5.75 Å². The van der Waals surface area contributed by atoms with Crippen LogP contribution in [0.3, 0.4) is 0 Å². The lowest BCUT2D eigenvalue weighted by Gasteiger charge is -2.05. The molecule has 0 aromatic heterocycles. The zero-order valence-corrected chi connectivity index (χ0v) is 7.34. The van der Waals surface area contributed by atoms with E-state index < -0.39 is 26.8 Å².